The van der Waals surface area contributed by atoms with Gasteiger partial charge in [-0.1, -0.05) is 47.5 Å². The van der Waals surface area contributed by atoms with Crippen LogP contribution in [0.3, 0.4) is 0 Å². The smallest absolute Gasteiger partial charge is 0.287 e. The predicted molar refractivity (Wildman–Crippen MR) is 103 cm³/mol. The molecular weight excluding hydrogens is 370 g/mol. The van der Waals surface area contributed by atoms with Crippen LogP contribution in [0.25, 0.3) is 0 Å². The SMILES string of the molecule is Cc1ccc([S@](=O)Cc2ccc(C(=O)NCc3ccccc3Cl)o2)cc1. The molecule has 1 amide bonds. The van der Waals surface area contributed by atoms with E-state index in [1.807, 2.05) is 49.4 Å². The number of amides is 1. The van der Waals surface area contributed by atoms with Crippen LogP contribution in [0.4, 0.5) is 0 Å². The molecule has 0 fully saturated rings. The van der Waals surface area contributed by atoms with Gasteiger partial charge in [-0.25, -0.2) is 0 Å². The van der Waals surface area contributed by atoms with E-state index in [1.54, 1.807) is 18.2 Å². The first-order valence-electron chi connectivity index (χ1n) is 8.08. The second-order valence-corrected chi connectivity index (χ2v) is 7.70. The third kappa shape index (κ3) is 4.62. The minimum Gasteiger partial charge on any atom is -0.455 e. The van der Waals surface area contributed by atoms with Crippen molar-refractivity contribution in [2.45, 2.75) is 24.1 Å². The summed E-state index contributed by atoms with van der Waals surface area (Å²) in [7, 11) is -1.22. The molecule has 4 nitrogen and oxygen atoms in total. The van der Waals surface area contributed by atoms with Crippen molar-refractivity contribution >= 4 is 28.3 Å². The first-order valence-corrected chi connectivity index (χ1v) is 9.78. The lowest BCUT2D eigenvalue weighted by atomic mass is 10.2. The van der Waals surface area contributed by atoms with Crippen molar-refractivity contribution in [1.29, 1.82) is 0 Å². The molecule has 1 aromatic heterocycles. The molecule has 0 aliphatic rings. The Labute approximate surface area is 159 Å². The lowest BCUT2D eigenvalue weighted by Gasteiger charge is -2.05. The molecular formula is C20H18ClNO3S. The van der Waals surface area contributed by atoms with Crippen molar-refractivity contribution in [3.05, 3.63) is 88.3 Å². The van der Waals surface area contributed by atoms with E-state index in [4.69, 9.17) is 16.0 Å². The Balaban J connectivity index is 1.60. The molecule has 0 spiro atoms. The van der Waals surface area contributed by atoms with Crippen molar-refractivity contribution in [3.8, 4) is 0 Å². The van der Waals surface area contributed by atoms with Crippen LogP contribution in [0.5, 0.6) is 0 Å². The van der Waals surface area contributed by atoms with Crippen molar-refractivity contribution in [2.24, 2.45) is 0 Å². The van der Waals surface area contributed by atoms with Gasteiger partial charge in [0.05, 0.1) is 16.6 Å². The van der Waals surface area contributed by atoms with Gasteiger partial charge in [0, 0.05) is 16.5 Å². The molecule has 3 aromatic rings. The van der Waals surface area contributed by atoms with Gasteiger partial charge in [0.2, 0.25) is 0 Å². The molecule has 26 heavy (non-hydrogen) atoms. The highest BCUT2D eigenvalue weighted by Gasteiger charge is 2.14. The first kappa shape index (κ1) is 18.4. The summed E-state index contributed by atoms with van der Waals surface area (Å²) < 4.78 is 17.9. The lowest BCUT2D eigenvalue weighted by Crippen LogP contribution is -2.22. The lowest BCUT2D eigenvalue weighted by molar-refractivity contribution is 0.0921. The molecule has 1 N–H and O–H groups in total. The summed E-state index contributed by atoms with van der Waals surface area (Å²) in [6.07, 6.45) is 0. The maximum Gasteiger partial charge on any atom is 0.287 e. The number of nitrogens with one attached hydrogen (secondary N) is 1. The van der Waals surface area contributed by atoms with Crippen LogP contribution in [0.15, 0.2) is 70.0 Å². The topological polar surface area (TPSA) is 59.3 Å². The normalized spacial score (nSPS) is 11.9. The number of halogens is 1. The molecule has 2 aromatic carbocycles. The zero-order chi connectivity index (χ0) is 18.5. The highest BCUT2D eigenvalue weighted by atomic mass is 35.5. The van der Waals surface area contributed by atoms with Gasteiger partial charge < -0.3 is 9.73 Å². The second-order valence-electron chi connectivity index (χ2n) is 5.84. The molecule has 1 atom stereocenters. The summed E-state index contributed by atoms with van der Waals surface area (Å²) in [5, 5.41) is 3.37. The molecule has 0 aliphatic heterocycles. The molecule has 6 heteroatoms. The fourth-order valence-electron chi connectivity index (χ4n) is 2.38. The van der Waals surface area contributed by atoms with Crippen LogP contribution < -0.4 is 5.32 Å². The molecule has 0 saturated carbocycles. The van der Waals surface area contributed by atoms with E-state index in [0.29, 0.717) is 17.3 Å². The Morgan fingerprint density at radius 3 is 2.54 bits per heavy atom. The van der Waals surface area contributed by atoms with E-state index in [9.17, 15) is 9.00 Å². The quantitative estimate of drug-likeness (QED) is 0.678. The van der Waals surface area contributed by atoms with Gasteiger partial charge in [-0.15, -0.1) is 0 Å². The van der Waals surface area contributed by atoms with E-state index >= 15 is 0 Å². The van der Waals surface area contributed by atoms with Gasteiger partial charge >= 0.3 is 0 Å². The maximum absolute atomic E-state index is 12.4. The summed E-state index contributed by atoms with van der Waals surface area (Å²) >= 11 is 6.07. The number of furan rings is 1. The third-order valence-electron chi connectivity index (χ3n) is 3.84. The fraction of sp³-hybridized carbons (Fsp3) is 0.150. The van der Waals surface area contributed by atoms with E-state index in [0.717, 1.165) is 16.0 Å². The average molecular weight is 388 g/mol. The summed E-state index contributed by atoms with van der Waals surface area (Å²) in [6, 6.07) is 18.1. The minimum absolute atomic E-state index is 0.188. The van der Waals surface area contributed by atoms with Gasteiger partial charge in [0.15, 0.2) is 5.76 Å². The predicted octanol–water partition coefficient (Wildman–Crippen LogP) is 4.48. The van der Waals surface area contributed by atoms with E-state index in [1.165, 1.54) is 0 Å². The number of rotatable bonds is 6. The van der Waals surface area contributed by atoms with Gasteiger partial charge in [-0.3, -0.25) is 9.00 Å². The highest BCUT2D eigenvalue weighted by molar-refractivity contribution is 7.84. The largest absolute Gasteiger partial charge is 0.455 e. The fourth-order valence-corrected chi connectivity index (χ4v) is 3.61. The van der Waals surface area contributed by atoms with Crippen molar-refractivity contribution in [3.63, 3.8) is 0 Å². The number of benzene rings is 2. The zero-order valence-corrected chi connectivity index (χ0v) is 15.8. The zero-order valence-electron chi connectivity index (χ0n) is 14.2. The number of hydrogen-bond donors (Lipinski definition) is 1. The van der Waals surface area contributed by atoms with Crippen molar-refractivity contribution in [2.75, 3.05) is 0 Å². The Morgan fingerprint density at radius 2 is 1.81 bits per heavy atom. The molecule has 0 saturated heterocycles. The average Bonchev–Trinajstić information content (AvgIpc) is 3.10. The number of carbonyl (C=O) groups excluding carboxylic acids is 1. The third-order valence-corrected chi connectivity index (χ3v) is 5.55. The van der Waals surface area contributed by atoms with Gasteiger partial charge in [0.1, 0.15) is 5.76 Å². The van der Waals surface area contributed by atoms with E-state index in [-0.39, 0.29) is 17.4 Å². The summed E-state index contributed by atoms with van der Waals surface area (Å²) in [5.41, 5.74) is 1.94. The monoisotopic (exact) mass is 387 g/mol. The number of carbonyl (C=O) groups is 1. The molecule has 134 valence electrons. The maximum atomic E-state index is 12.4. The van der Waals surface area contributed by atoms with E-state index < -0.39 is 10.8 Å². The van der Waals surface area contributed by atoms with Gasteiger partial charge in [-0.2, -0.15) is 0 Å². The van der Waals surface area contributed by atoms with E-state index in [2.05, 4.69) is 5.32 Å². The summed E-state index contributed by atoms with van der Waals surface area (Å²) in [4.78, 5) is 12.9. The number of hydrogen-bond acceptors (Lipinski definition) is 3. The van der Waals surface area contributed by atoms with Crippen molar-refractivity contribution in [1.82, 2.24) is 5.32 Å². The minimum atomic E-state index is -1.22. The standard InChI is InChI=1S/C20H18ClNO3S/c1-14-6-9-17(10-7-14)26(24)13-16-8-11-19(25-16)20(23)22-12-15-4-2-3-5-18(15)21/h2-11H,12-13H2,1H3,(H,22,23)/t26-/m1/s1. The van der Waals surface area contributed by atoms with Crippen LogP contribution in [0, 0.1) is 6.92 Å². The molecule has 3 rings (SSSR count). The van der Waals surface area contributed by atoms with Crippen LogP contribution in [0.2, 0.25) is 5.02 Å². The second kappa shape index (κ2) is 8.34. The summed E-state index contributed by atoms with van der Waals surface area (Å²) in [6.45, 7) is 2.29. The molecule has 0 aliphatic carbocycles. The first-order chi connectivity index (χ1) is 12.5. The molecule has 1 heterocycles. The van der Waals surface area contributed by atoms with Crippen LogP contribution in [-0.4, -0.2) is 10.1 Å². The Kier molecular flexibility index (Phi) is 5.91. The van der Waals surface area contributed by atoms with Crippen LogP contribution >= 0.6 is 11.6 Å². The Morgan fingerprint density at radius 1 is 1.08 bits per heavy atom. The Bertz CT molecular complexity index is 934. The van der Waals surface area contributed by atoms with Gasteiger partial charge in [0.25, 0.3) is 5.91 Å². The highest BCUT2D eigenvalue weighted by Crippen LogP contribution is 2.17. The molecule has 0 unspecified atom stereocenters. The van der Waals surface area contributed by atoms with Crippen molar-refractivity contribution < 1.29 is 13.4 Å². The molecule has 0 radical (unpaired) electrons. The number of aryl methyl sites for hydroxylation is 1. The van der Waals surface area contributed by atoms with Crippen LogP contribution in [0.1, 0.15) is 27.4 Å². The van der Waals surface area contributed by atoms with Crippen LogP contribution in [-0.2, 0) is 23.1 Å². The summed E-state index contributed by atoms with van der Waals surface area (Å²) in [5.74, 6) is 0.581. The van der Waals surface area contributed by atoms with Gasteiger partial charge in [-0.05, 0) is 42.8 Å². The molecule has 0 bridgehead atoms. The Hall–Kier alpha value is -2.37.